The van der Waals surface area contributed by atoms with Crippen molar-refractivity contribution in [3.63, 3.8) is 0 Å². The van der Waals surface area contributed by atoms with Crippen molar-refractivity contribution in [2.45, 2.75) is 50.6 Å². The van der Waals surface area contributed by atoms with E-state index in [2.05, 4.69) is 26.0 Å². The van der Waals surface area contributed by atoms with E-state index in [0.29, 0.717) is 22.0 Å². The summed E-state index contributed by atoms with van der Waals surface area (Å²) in [4.78, 5) is 32.8. The molecule has 1 aliphatic rings. The maximum Gasteiger partial charge on any atom is 0.266 e. The largest absolute Gasteiger partial charge is 0.342 e. The zero-order chi connectivity index (χ0) is 21.8. The Morgan fingerprint density at radius 2 is 1.77 bits per heavy atom. The number of nitrogens with zero attached hydrogens (tertiary/aromatic N) is 3. The molecule has 2 heterocycles. The maximum atomic E-state index is 13.4. The van der Waals surface area contributed by atoms with Gasteiger partial charge in [-0.25, -0.2) is 4.98 Å². The number of hydrogen-bond donors (Lipinski definition) is 0. The average Bonchev–Trinajstić information content (AvgIpc) is 2.83. The molecule has 0 unspecified atom stereocenters. The number of benzene rings is 2. The summed E-state index contributed by atoms with van der Waals surface area (Å²) in [5.74, 6) is 0.873. The Morgan fingerprint density at radius 1 is 1.06 bits per heavy atom. The van der Waals surface area contributed by atoms with Gasteiger partial charge in [0.25, 0.3) is 5.56 Å². The van der Waals surface area contributed by atoms with Crippen LogP contribution >= 0.6 is 11.8 Å². The molecule has 2 aromatic carbocycles. The van der Waals surface area contributed by atoms with Gasteiger partial charge in [-0.05, 0) is 61.4 Å². The van der Waals surface area contributed by atoms with Gasteiger partial charge in [0.15, 0.2) is 5.16 Å². The van der Waals surface area contributed by atoms with Crippen molar-refractivity contribution in [2.75, 3.05) is 18.8 Å². The lowest BCUT2D eigenvalue weighted by Crippen LogP contribution is -2.36. The van der Waals surface area contributed by atoms with Crippen LogP contribution in [0.15, 0.2) is 58.5 Å². The lowest BCUT2D eigenvalue weighted by atomic mass is 9.98. The molecule has 4 rings (SSSR count). The average molecular weight is 436 g/mol. The minimum absolute atomic E-state index is 0.102. The van der Waals surface area contributed by atoms with E-state index in [4.69, 9.17) is 4.98 Å². The molecular formula is C25H29N3O2S. The number of para-hydroxylation sites is 1. The summed E-state index contributed by atoms with van der Waals surface area (Å²) in [6.45, 7) is 6.03. The molecule has 0 aliphatic carbocycles. The molecule has 1 saturated heterocycles. The van der Waals surface area contributed by atoms with Crippen molar-refractivity contribution in [2.24, 2.45) is 0 Å². The highest BCUT2D eigenvalue weighted by Gasteiger charge is 2.19. The fraction of sp³-hybridized carbons (Fsp3) is 0.400. The minimum atomic E-state index is -0.102. The Hall–Kier alpha value is -2.60. The molecule has 3 aromatic rings. The molecule has 0 bridgehead atoms. The summed E-state index contributed by atoms with van der Waals surface area (Å²) in [6, 6.07) is 15.5. The molecular weight excluding hydrogens is 406 g/mol. The van der Waals surface area contributed by atoms with E-state index in [1.165, 1.54) is 23.7 Å². The molecule has 0 radical (unpaired) electrons. The van der Waals surface area contributed by atoms with E-state index >= 15 is 0 Å². The van der Waals surface area contributed by atoms with Crippen LogP contribution in [0.1, 0.15) is 51.0 Å². The summed E-state index contributed by atoms with van der Waals surface area (Å²) in [6.07, 6.45) is 4.39. The quantitative estimate of drug-likeness (QED) is 0.404. The molecule has 0 saturated carbocycles. The SMILES string of the molecule is CC[C@H](C)c1ccc(-n2c(SCC(=O)N3CCCCC3)nc3ccccc3c2=O)cc1. The fourth-order valence-electron chi connectivity index (χ4n) is 3.99. The number of carbonyl (C=O) groups excluding carboxylic acids is 1. The van der Waals surface area contributed by atoms with E-state index in [1.807, 2.05) is 41.3 Å². The number of rotatable bonds is 6. The topological polar surface area (TPSA) is 55.2 Å². The second kappa shape index (κ2) is 9.69. The van der Waals surface area contributed by atoms with Crippen molar-refractivity contribution in [3.05, 3.63) is 64.4 Å². The first-order chi connectivity index (χ1) is 15.1. The van der Waals surface area contributed by atoms with Gasteiger partial charge in [-0.15, -0.1) is 0 Å². The minimum Gasteiger partial charge on any atom is -0.342 e. The molecule has 1 atom stereocenters. The third-order valence-corrected chi connectivity index (χ3v) is 7.03. The van der Waals surface area contributed by atoms with E-state index in [1.54, 1.807) is 4.57 Å². The first-order valence-electron chi connectivity index (χ1n) is 11.1. The van der Waals surface area contributed by atoms with Gasteiger partial charge in [0, 0.05) is 13.1 Å². The number of fused-ring (bicyclic) bond motifs is 1. The summed E-state index contributed by atoms with van der Waals surface area (Å²) < 4.78 is 1.65. The predicted molar refractivity (Wildman–Crippen MR) is 127 cm³/mol. The molecule has 5 nitrogen and oxygen atoms in total. The third-order valence-electron chi connectivity index (χ3n) is 6.11. The number of hydrogen-bond acceptors (Lipinski definition) is 4. The highest BCUT2D eigenvalue weighted by Crippen LogP contribution is 2.24. The molecule has 1 aromatic heterocycles. The Labute approximate surface area is 187 Å². The lowest BCUT2D eigenvalue weighted by Gasteiger charge is -2.26. The van der Waals surface area contributed by atoms with Gasteiger partial charge in [0.1, 0.15) is 0 Å². The number of piperidine rings is 1. The maximum absolute atomic E-state index is 13.4. The Bertz CT molecular complexity index is 1120. The van der Waals surface area contributed by atoms with E-state index in [-0.39, 0.29) is 17.2 Å². The summed E-state index contributed by atoms with van der Waals surface area (Å²) >= 11 is 1.35. The van der Waals surface area contributed by atoms with Crippen molar-refractivity contribution >= 4 is 28.6 Å². The van der Waals surface area contributed by atoms with Crippen LogP contribution in [-0.2, 0) is 4.79 Å². The second-order valence-electron chi connectivity index (χ2n) is 8.18. The molecule has 0 spiro atoms. The Kier molecular flexibility index (Phi) is 6.76. The number of amides is 1. The number of carbonyl (C=O) groups is 1. The molecule has 31 heavy (non-hydrogen) atoms. The summed E-state index contributed by atoms with van der Waals surface area (Å²) in [5, 5.41) is 1.14. The summed E-state index contributed by atoms with van der Waals surface area (Å²) in [5.41, 5.74) is 2.59. The van der Waals surface area contributed by atoms with Gasteiger partial charge >= 0.3 is 0 Å². The highest BCUT2D eigenvalue weighted by molar-refractivity contribution is 7.99. The van der Waals surface area contributed by atoms with Crippen LogP contribution in [0.3, 0.4) is 0 Å². The smallest absolute Gasteiger partial charge is 0.266 e. The van der Waals surface area contributed by atoms with E-state index < -0.39 is 0 Å². The monoisotopic (exact) mass is 435 g/mol. The van der Waals surface area contributed by atoms with Gasteiger partial charge in [-0.1, -0.05) is 49.9 Å². The fourth-order valence-corrected chi connectivity index (χ4v) is 4.90. The molecule has 0 N–H and O–H groups in total. The van der Waals surface area contributed by atoms with Crippen LogP contribution in [0.4, 0.5) is 0 Å². The molecule has 6 heteroatoms. The van der Waals surface area contributed by atoms with Crippen LogP contribution in [0.25, 0.3) is 16.6 Å². The predicted octanol–water partition coefficient (Wildman–Crippen LogP) is 5.00. The van der Waals surface area contributed by atoms with Crippen LogP contribution < -0.4 is 5.56 Å². The molecule has 1 aliphatic heterocycles. The number of likely N-dealkylation sites (tertiary alicyclic amines) is 1. The van der Waals surface area contributed by atoms with Gasteiger partial charge in [0.2, 0.25) is 5.91 Å². The van der Waals surface area contributed by atoms with Gasteiger partial charge in [-0.3, -0.25) is 14.2 Å². The number of thioether (sulfide) groups is 1. The first kappa shape index (κ1) is 21.6. The highest BCUT2D eigenvalue weighted by atomic mass is 32.2. The molecule has 1 amide bonds. The van der Waals surface area contributed by atoms with Crippen LogP contribution in [0.2, 0.25) is 0 Å². The number of aromatic nitrogens is 2. The van der Waals surface area contributed by atoms with Gasteiger partial charge in [0.05, 0.1) is 22.3 Å². The van der Waals surface area contributed by atoms with Crippen molar-refractivity contribution in [1.82, 2.24) is 14.5 Å². The lowest BCUT2D eigenvalue weighted by molar-refractivity contribution is -0.129. The van der Waals surface area contributed by atoms with Crippen LogP contribution in [0, 0.1) is 0 Å². The van der Waals surface area contributed by atoms with E-state index in [9.17, 15) is 9.59 Å². The van der Waals surface area contributed by atoms with Crippen LogP contribution in [-0.4, -0.2) is 39.2 Å². The Morgan fingerprint density at radius 3 is 2.48 bits per heavy atom. The van der Waals surface area contributed by atoms with E-state index in [0.717, 1.165) is 38.0 Å². The zero-order valence-corrected chi connectivity index (χ0v) is 19.0. The van der Waals surface area contributed by atoms with Crippen molar-refractivity contribution < 1.29 is 4.79 Å². The van der Waals surface area contributed by atoms with Gasteiger partial charge < -0.3 is 4.90 Å². The van der Waals surface area contributed by atoms with Gasteiger partial charge in [-0.2, -0.15) is 0 Å². The normalized spacial score (nSPS) is 15.2. The third kappa shape index (κ3) is 4.69. The summed E-state index contributed by atoms with van der Waals surface area (Å²) in [7, 11) is 0. The molecule has 162 valence electrons. The van der Waals surface area contributed by atoms with Crippen LogP contribution in [0.5, 0.6) is 0 Å². The second-order valence-corrected chi connectivity index (χ2v) is 9.13. The van der Waals surface area contributed by atoms with Crippen molar-refractivity contribution in [1.29, 1.82) is 0 Å². The molecule has 1 fully saturated rings. The first-order valence-corrected chi connectivity index (χ1v) is 12.1. The zero-order valence-electron chi connectivity index (χ0n) is 18.2. The Balaban J connectivity index is 1.69. The standard InChI is InChI=1S/C25H29N3O2S/c1-3-18(2)19-11-13-20(14-12-19)28-24(30)21-9-5-6-10-22(21)26-25(28)31-17-23(29)27-15-7-4-8-16-27/h5-6,9-14,18H,3-4,7-8,15-17H2,1-2H3/t18-/m0/s1. The van der Waals surface area contributed by atoms with Crippen molar-refractivity contribution in [3.8, 4) is 5.69 Å².